The number of hydrogen-bond donors (Lipinski definition) is 2. The van der Waals surface area contributed by atoms with E-state index in [0.29, 0.717) is 10.0 Å². The van der Waals surface area contributed by atoms with Gasteiger partial charge in [-0.15, -0.1) is 0 Å². The van der Waals surface area contributed by atoms with Crippen LogP contribution in [0.2, 0.25) is 0 Å². The lowest BCUT2D eigenvalue weighted by Crippen LogP contribution is -2.37. The summed E-state index contributed by atoms with van der Waals surface area (Å²) in [6.45, 7) is 1.18. The smallest absolute Gasteiger partial charge is 0.159 e. The predicted octanol–water partition coefficient (Wildman–Crippen LogP) is 1.89. The molecule has 0 aliphatic heterocycles. The minimum Gasteiger partial charge on any atom is -0.394 e. The third-order valence-corrected chi connectivity index (χ3v) is 2.61. The minimum atomic E-state index is -1.09. The van der Waals surface area contributed by atoms with Crippen LogP contribution in [-0.2, 0) is 5.54 Å². The summed E-state index contributed by atoms with van der Waals surface area (Å²) < 4.78 is 26.0. The molecule has 1 unspecified atom stereocenters. The van der Waals surface area contributed by atoms with Gasteiger partial charge in [0.2, 0.25) is 0 Å². The van der Waals surface area contributed by atoms with Gasteiger partial charge in [-0.3, -0.25) is 0 Å². The third-order valence-electron chi connectivity index (χ3n) is 1.95. The first-order chi connectivity index (χ1) is 6.38. The van der Waals surface area contributed by atoms with Crippen molar-refractivity contribution >= 4 is 15.9 Å². The van der Waals surface area contributed by atoms with Gasteiger partial charge in [0.15, 0.2) is 11.6 Å². The highest BCUT2D eigenvalue weighted by molar-refractivity contribution is 9.10. The zero-order valence-electron chi connectivity index (χ0n) is 7.52. The molecule has 3 N–H and O–H groups in total. The Morgan fingerprint density at radius 1 is 1.43 bits per heavy atom. The summed E-state index contributed by atoms with van der Waals surface area (Å²) in [6.07, 6.45) is 0. The van der Waals surface area contributed by atoms with Crippen molar-refractivity contribution in [2.75, 3.05) is 6.61 Å². The number of aliphatic hydroxyl groups excluding tert-OH is 1. The zero-order valence-corrected chi connectivity index (χ0v) is 9.11. The molecule has 0 aliphatic rings. The fourth-order valence-corrected chi connectivity index (χ4v) is 1.81. The molecule has 0 bridgehead atoms. The van der Waals surface area contributed by atoms with Gasteiger partial charge in [-0.05, 0) is 24.6 Å². The topological polar surface area (TPSA) is 46.2 Å². The molecule has 2 nitrogen and oxygen atoms in total. The number of hydrogen-bond acceptors (Lipinski definition) is 2. The molecule has 0 aromatic heterocycles. The molecule has 0 saturated heterocycles. The van der Waals surface area contributed by atoms with Crippen molar-refractivity contribution in [2.45, 2.75) is 12.5 Å². The van der Waals surface area contributed by atoms with Gasteiger partial charge in [-0.25, -0.2) is 8.78 Å². The maximum atomic E-state index is 12.9. The van der Waals surface area contributed by atoms with Crippen LogP contribution < -0.4 is 5.73 Å². The summed E-state index contributed by atoms with van der Waals surface area (Å²) in [4.78, 5) is 0. The molecule has 1 aromatic carbocycles. The van der Waals surface area contributed by atoms with Crippen LogP contribution in [0, 0.1) is 11.6 Å². The van der Waals surface area contributed by atoms with Gasteiger partial charge in [-0.2, -0.15) is 0 Å². The second-order valence-electron chi connectivity index (χ2n) is 3.32. The van der Waals surface area contributed by atoms with Crippen LogP contribution >= 0.6 is 15.9 Å². The summed E-state index contributed by atoms with van der Waals surface area (Å²) >= 11 is 3.06. The molecule has 0 fully saturated rings. The van der Waals surface area contributed by atoms with Gasteiger partial charge in [-0.1, -0.05) is 15.9 Å². The lowest BCUT2D eigenvalue weighted by atomic mass is 9.94. The first-order valence-corrected chi connectivity index (χ1v) is 4.72. The molecule has 0 aliphatic carbocycles. The van der Waals surface area contributed by atoms with E-state index in [0.717, 1.165) is 12.1 Å². The van der Waals surface area contributed by atoms with Gasteiger partial charge in [0.25, 0.3) is 0 Å². The predicted molar refractivity (Wildman–Crippen MR) is 52.7 cm³/mol. The molecule has 78 valence electrons. The summed E-state index contributed by atoms with van der Waals surface area (Å²) in [5.74, 6) is -1.93. The summed E-state index contributed by atoms with van der Waals surface area (Å²) in [5, 5.41) is 8.97. The van der Waals surface area contributed by atoms with E-state index in [1.807, 2.05) is 0 Å². The second-order valence-corrected chi connectivity index (χ2v) is 4.18. The molecule has 0 spiro atoms. The summed E-state index contributed by atoms with van der Waals surface area (Å²) in [6, 6.07) is 1.97. The number of rotatable bonds is 2. The molecular weight excluding hydrogens is 256 g/mol. The van der Waals surface area contributed by atoms with Crippen molar-refractivity contribution in [2.24, 2.45) is 5.73 Å². The second kappa shape index (κ2) is 3.92. The SMILES string of the molecule is CC(N)(CO)c1cc(F)c(F)cc1Br. The number of halogens is 3. The van der Waals surface area contributed by atoms with Crippen molar-refractivity contribution in [1.82, 2.24) is 0 Å². The fraction of sp³-hybridized carbons (Fsp3) is 0.333. The van der Waals surface area contributed by atoms with Gasteiger partial charge in [0.05, 0.1) is 12.1 Å². The van der Waals surface area contributed by atoms with Gasteiger partial charge >= 0.3 is 0 Å². The minimum absolute atomic E-state index is 0.332. The summed E-state index contributed by atoms with van der Waals surface area (Å²) in [5.41, 5.74) is 4.93. The third kappa shape index (κ3) is 2.10. The van der Waals surface area contributed by atoms with Gasteiger partial charge in [0, 0.05) is 4.47 Å². The maximum Gasteiger partial charge on any atom is 0.159 e. The van der Waals surface area contributed by atoms with E-state index < -0.39 is 17.2 Å². The van der Waals surface area contributed by atoms with Crippen molar-refractivity contribution in [1.29, 1.82) is 0 Å². The van der Waals surface area contributed by atoms with Crippen LogP contribution in [0.25, 0.3) is 0 Å². The van der Waals surface area contributed by atoms with Crippen molar-refractivity contribution in [3.05, 3.63) is 33.8 Å². The van der Waals surface area contributed by atoms with E-state index in [1.54, 1.807) is 0 Å². The average Bonchev–Trinajstić information content (AvgIpc) is 2.11. The largest absolute Gasteiger partial charge is 0.394 e. The fourth-order valence-electron chi connectivity index (χ4n) is 1.05. The molecule has 14 heavy (non-hydrogen) atoms. The highest BCUT2D eigenvalue weighted by Crippen LogP contribution is 2.28. The van der Waals surface area contributed by atoms with E-state index in [2.05, 4.69) is 15.9 Å². The van der Waals surface area contributed by atoms with Crippen LogP contribution in [0.5, 0.6) is 0 Å². The van der Waals surface area contributed by atoms with Crippen LogP contribution in [-0.4, -0.2) is 11.7 Å². The quantitative estimate of drug-likeness (QED) is 0.803. The molecule has 1 rings (SSSR count). The Morgan fingerprint density at radius 3 is 2.43 bits per heavy atom. The van der Waals surface area contributed by atoms with Crippen LogP contribution in [0.15, 0.2) is 16.6 Å². The highest BCUT2D eigenvalue weighted by atomic mass is 79.9. The van der Waals surface area contributed by atoms with Crippen LogP contribution in [0.3, 0.4) is 0 Å². The lowest BCUT2D eigenvalue weighted by Gasteiger charge is -2.23. The standard InChI is InChI=1S/C9H10BrF2NO/c1-9(13,4-14)5-2-7(11)8(12)3-6(5)10/h2-3,14H,4,13H2,1H3. The van der Waals surface area contributed by atoms with E-state index >= 15 is 0 Å². The normalized spacial score (nSPS) is 15.3. The van der Waals surface area contributed by atoms with Crippen molar-refractivity contribution in [3.8, 4) is 0 Å². The van der Waals surface area contributed by atoms with Crippen molar-refractivity contribution in [3.63, 3.8) is 0 Å². The van der Waals surface area contributed by atoms with Crippen LogP contribution in [0.1, 0.15) is 12.5 Å². The average molecular weight is 266 g/mol. The number of benzene rings is 1. The van der Waals surface area contributed by atoms with Gasteiger partial charge < -0.3 is 10.8 Å². The molecule has 5 heteroatoms. The molecule has 1 aromatic rings. The number of aliphatic hydroxyl groups is 1. The first kappa shape index (κ1) is 11.6. The molecule has 0 heterocycles. The Hall–Kier alpha value is -0.520. The Bertz CT molecular complexity index is 355. The van der Waals surface area contributed by atoms with Crippen molar-refractivity contribution < 1.29 is 13.9 Å². The molecule has 0 radical (unpaired) electrons. The van der Waals surface area contributed by atoms with E-state index in [1.165, 1.54) is 6.92 Å². The molecular formula is C9H10BrF2NO. The number of nitrogens with two attached hydrogens (primary N) is 1. The monoisotopic (exact) mass is 265 g/mol. The van der Waals surface area contributed by atoms with E-state index in [9.17, 15) is 8.78 Å². The molecule has 1 atom stereocenters. The Balaban J connectivity index is 3.29. The van der Waals surface area contributed by atoms with Gasteiger partial charge in [0.1, 0.15) is 0 Å². The van der Waals surface area contributed by atoms with E-state index in [4.69, 9.17) is 10.8 Å². The molecule has 0 saturated carbocycles. The first-order valence-electron chi connectivity index (χ1n) is 3.93. The summed E-state index contributed by atoms with van der Waals surface area (Å²) in [7, 11) is 0. The van der Waals surface area contributed by atoms with Crippen LogP contribution in [0.4, 0.5) is 8.78 Å². The maximum absolute atomic E-state index is 12.9. The van der Waals surface area contributed by atoms with E-state index in [-0.39, 0.29) is 6.61 Å². The Morgan fingerprint density at radius 2 is 1.93 bits per heavy atom. The highest BCUT2D eigenvalue weighted by Gasteiger charge is 2.24. The lowest BCUT2D eigenvalue weighted by molar-refractivity contribution is 0.209. The molecule has 0 amide bonds. The Labute approximate surface area is 88.9 Å². The Kier molecular flexibility index (Phi) is 3.24. The zero-order chi connectivity index (χ0) is 10.9.